The molecule has 0 unspecified atom stereocenters. The van der Waals surface area contributed by atoms with Crippen LogP contribution in [0.1, 0.15) is 27.2 Å². The van der Waals surface area contributed by atoms with E-state index >= 15 is 0 Å². The van der Waals surface area contributed by atoms with E-state index in [4.69, 9.17) is 4.74 Å². The van der Waals surface area contributed by atoms with Crippen molar-refractivity contribution >= 4 is 23.3 Å². The van der Waals surface area contributed by atoms with Crippen molar-refractivity contribution in [2.75, 3.05) is 23.9 Å². The largest absolute Gasteiger partial charge is 0.491 e. The first-order valence-electron chi connectivity index (χ1n) is 6.89. The van der Waals surface area contributed by atoms with E-state index in [1.807, 2.05) is 20.8 Å². The maximum Gasteiger partial charge on any atom is 0.319 e. The highest BCUT2D eigenvalue weighted by Gasteiger charge is 2.21. The van der Waals surface area contributed by atoms with Crippen LogP contribution in [0.4, 0.5) is 16.2 Å². The van der Waals surface area contributed by atoms with Crippen molar-refractivity contribution in [1.82, 2.24) is 5.32 Å². The molecule has 1 aromatic rings. The Kier molecular flexibility index (Phi) is 4.06. The molecular formula is C15H21N3O3. The minimum absolute atomic E-state index is 0.00922. The van der Waals surface area contributed by atoms with Crippen LogP contribution in [0.2, 0.25) is 0 Å². The number of carbonyl (C=O) groups is 2. The van der Waals surface area contributed by atoms with Crippen LogP contribution in [0.25, 0.3) is 0 Å². The van der Waals surface area contributed by atoms with E-state index in [1.54, 1.807) is 30.1 Å². The molecule has 0 spiro atoms. The molecule has 2 rings (SSSR count). The fraction of sp³-hybridized carbons (Fsp3) is 0.467. The molecule has 1 heterocycles. The van der Waals surface area contributed by atoms with Crippen molar-refractivity contribution in [2.24, 2.45) is 0 Å². The Morgan fingerprint density at radius 1 is 1.33 bits per heavy atom. The third-order valence-corrected chi connectivity index (χ3v) is 3.01. The molecule has 1 aliphatic rings. The minimum Gasteiger partial charge on any atom is -0.491 e. The summed E-state index contributed by atoms with van der Waals surface area (Å²) in [6.07, 6.45) is 0.346. The molecule has 3 amide bonds. The molecule has 0 saturated carbocycles. The first kappa shape index (κ1) is 15.2. The molecule has 0 saturated heterocycles. The molecule has 1 aliphatic heterocycles. The van der Waals surface area contributed by atoms with Gasteiger partial charge in [-0.15, -0.1) is 0 Å². The smallest absolute Gasteiger partial charge is 0.319 e. The number of nitrogens with one attached hydrogen (secondary N) is 2. The molecule has 0 aromatic heterocycles. The first-order chi connectivity index (χ1) is 9.76. The highest BCUT2D eigenvalue weighted by atomic mass is 16.5. The van der Waals surface area contributed by atoms with Gasteiger partial charge < -0.3 is 20.3 Å². The average Bonchev–Trinajstić information content (AvgIpc) is 2.49. The standard InChI is InChI=1S/C15H21N3O3/c1-15(2,3)17-14(20)16-10-5-6-12-11(9-10)18(4)13(19)7-8-21-12/h5-6,9H,7-8H2,1-4H3,(H2,16,17,20). The number of benzene rings is 1. The van der Waals surface area contributed by atoms with Gasteiger partial charge >= 0.3 is 6.03 Å². The van der Waals surface area contributed by atoms with Gasteiger partial charge in [-0.25, -0.2) is 4.79 Å². The van der Waals surface area contributed by atoms with Crippen LogP contribution >= 0.6 is 0 Å². The average molecular weight is 291 g/mol. The molecule has 0 bridgehead atoms. The minimum atomic E-state index is -0.314. The highest BCUT2D eigenvalue weighted by molar-refractivity contribution is 5.97. The van der Waals surface area contributed by atoms with Gasteiger partial charge in [-0.1, -0.05) is 0 Å². The van der Waals surface area contributed by atoms with Crippen LogP contribution < -0.4 is 20.3 Å². The summed E-state index contributed by atoms with van der Waals surface area (Å²) in [6.45, 7) is 6.09. The van der Waals surface area contributed by atoms with Crippen LogP contribution in [-0.4, -0.2) is 31.1 Å². The van der Waals surface area contributed by atoms with Crippen LogP contribution in [0.15, 0.2) is 18.2 Å². The number of hydrogen-bond donors (Lipinski definition) is 2. The quantitative estimate of drug-likeness (QED) is 0.834. The zero-order chi connectivity index (χ0) is 15.6. The van der Waals surface area contributed by atoms with Crippen LogP contribution in [-0.2, 0) is 4.79 Å². The Morgan fingerprint density at radius 3 is 2.71 bits per heavy atom. The predicted molar refractivity (Wildman–Crippen MR) is 81.9 cm³/mol. The van der Waals surface area contributed by atoms with E-state index in [-0.39, 0.29) is 17.5 Å². The van der Waals surface area contributed by atoms with Gasteiger partial charge in [-0.05, 0) is 39.0 Å². The molecule has 2 N–H and O–H groups in total. The van der Waals surface area contributed by atoms with Crippen LogP contribution in [0.5, 0.6) is 5.75 Å². The molecule has 114 valence electrons. The highest BCUT2D eigenvalue weighted by Crippen LogP contribution is 2.33. The van der Waals surface area contributed by atoms with E-state index in [2.05, 4.69) is 10.6 Å². The summed E-state index contributed by atoms with van der Waals surface area (Å²) in [5.74, 6) is 0.634. The van der Waals surface area contributed by atoms with Crippen LogP contribution in [0, 0.1) is 0 Å². The van der Waals surface area contributed by atoms with Gasteiger partial charge in [0.15, 0.2) is 0 Å². The summed E-state index contributed by atoms with van der Waals surface area (Å²) in [5.41, 5.74) is 0.956. The Hall–Kier alpha value is -2.24. The van der Waals surface area contributed by atoms with Crippen molar-refractivity contribution in [3.8, 4) is 5.75 Å². The van der Waals surface area contributed by atoms with Gasteiger partial charge in [0.25, 0.3) is 0 Å². The van der Waals surface area contributed by atoms with Gasteiger partial charge in [-0.2, -0.15) is 0 Å². The molecular weight excluding hydrogens is 270 g/mol. The number of nitrogens with zero attached hydrogens (tertiary/aromatic N) is 1. The van der Waals surface area contributed by atoms with Crippen molar-refractivity contribution in [2.45, 2.75) is 32.7 Å². The Bertz CT molecular complexity index is 564. The molecule has 0 fully saturated rings. The number of anilines is 2. The molecule has 0 radical (unpaired) electrons. The second-order valence-corrected chi connectivity index (χ2v) is 6.06. The normalized spacial score (nSPS) is 14.9. The summed E-state index contributed by atoms with van der Waals surface area (Å²) in [5, 5.41) is 5.58. The molecule has 1 aromatic carbocycles. The molecule has 21 heavy (non-hydrogen) atoms. The lowest BCUT2D eigenvalue weighted by molar-refractivity contribution is -0.118. The fourth-order valence-electron chi connectivity index (χ4n) is 2.03. The second kappa shape index (κ2) is 5.63. The van der Waals surface area contributed by atoms with Gasteiger partial charge in [0.2, 0.25) is 5.91 Å². The lowest BCUT2D eigenvalue weighted by atomic mass is 10.1. The monoisotopic (exact) mass is 291 g/mol. The topological polar surface area (TPSA) is 70.7 Å². The second-order valence-electron chi connectivity index (χ2n) is 6.06. The number of rotatable bonds is 1. The number of fused-ring (bicyclic) bond motifs is 1. The van der Waals surface area contributed by atoms with E-state index in [9.17, 15) is 9.59 Å². The van der Waals surface area contributed by atoms with E-state index < -0.39 is 0 Å². The van der Waals surface area contributed by atoms with Gasteiger partial charge in [0, 0.05) is 18.3 Å². The van der Waals surface area contributed by atoms with Crippen LogP contribution in [0.3, 0.4) is 0 Å². The molecule has 0 atom stereocenters. The Labute approximate surface area is 124 Å². The number of carbonyl (C=O) groups excluding carboxylic acids is 2. The maximum absolute atomic E-state index is 11.9. The Balaban J connectivity index is 2.18. The zero-order valence-electron chi connectivity index (χ0n) is 12.8. The summed E-state index contributed by atoms with van der Waals surface area (Å²) < 4.78 is 5.54. The summed E-state index contributed by atoms with van der Waals surface area (Å²) >= 11 is 0. The first-order valence-corrected chi connectivity index (χ1v) is 6.89. The fourth-order valence-corrected chi connectivity index (χ4v) is 2.03. The number of hydrogen-bond acceptors (Lipinski definition) is 3. The summed E-state index contributed by atoms with van der Waals surface area (Å²) in [4.78, 5) is 25.3. The van der Waals surface area contributed by atoms with Crippen molar-refractivity contribution in [3.05, 3.63) is 18.2 Å². The molecule has 6 heteroatoms. The third kappa shape index (κ3) is 3.87. The van der Waals surface area contributed by atoms with Gasteiger partial charge in [0.1, 0.15) is 5.75 Å². The number of urea groups is 1. The maximum atomic E-state index is 11.9. The van der Waals surface area contributed by atoms with Crippen molar-refractivity contribution < 1.29 is 14.3 Å². The summed E-state index contributed by atoms with van der Waals surface area (Å²) in [6, 6.07) is 4.97. The van der Waals surface area contributed by atoms with E-state index in [0.717, 1.165) is 0 Å². The zero-order valence-corrected chi connectivity index (χ0v) is 12.8. The van der Waals surface area contributed by atoms with Gasteiger partial charge in [0.05, 0.1) is 18.7 Å². The molecule has 6 nitrogen and oxygen atoms in total. The third-order valence-electron chi connectivity index (χ3n) is 3.01. The number of ether oxygens (including phenoxy) is 1. The number of amides is 3. The van der Waals surface area contributed by atoms with E-state index in [0.29, 0.717) is 30.2 Å². The lowest BCUT2D eigenvalue weighted by Crippen LogP contribution is -2.43. The van der Waals surface area contributed by atoms with E-state index in [1.165, 1.54) is 0 Å². The van der Waals surface area contributed by atoms with Crippen molar-refractivity contribution in [3.63, 3.8) is 0 Å². The summed E-state index contributed by atoms with van der Waals surface area (Å²) in [7, 11) is 1.70. The predicted octanol–water partition coefficient (Wildman–Crippen LogP) is 2.35. The Morgan fingerprint density at radius 2 is 2.05 bits per heavy atom. The SMILES string of the molecule is CN1C(=O)CCOc2ccc(NC(=O)NC(C)(C)C)cc21. The lowest BCUT2D eigenvalue weighted by Gasteiger charge is -2.21. The molecule has 0 aliphatic carbocycles. The van der Waals surface area contributed by atoms with Gasteiger partial charge in [-0.3, -0.25) is 4.79 Å². The van der Waals surface area contributed by atoms with Crippen molar-refractivity contribution in [1.29, 1.82) is 0 Å².